The number of aromatic nitrogens is 2. The average molecular weight is 200 g/mol. The van der Waals surface area contributed by atoms with Gasteiger partial charge in [0.05, 0.1) is 12.0 Å². The predicted octanol–water partition coefficient (Wildman–Crippen LogP) is 2.00. The van der Waals surface area contributed by atoms with Gasteiger partial charge >= 0.3 is 0 Å². The molecule has 2 aromatic rings. The summed E-state index contributed by atoms with van der Waals surface area (Å²) in [7, 11) is 0. The second-order valence-electron chi connectivity index (χ2n) is 3.35. The highest BCUT2D eigenvalue weighted by Crippen LogP contribution is 2.16. The molecule has 1 heterocycles. The molecule has 1 N–H and O–H groups in total. The van der Waals surface area contributed by atoms with E-state index in [1.165, 1.54) is 18.0 Å². The first-order chi connectivity index (χ1) is 7.29. The Morgan fingerprint density at radius 2 is 2.20 bits per heavy atom. The fourth-order valence-electron chi connectivity index (χ4n) is 1.48. The van der Waals surface area contributed by atoms with Gasteiger partial charge in [0.1, 0.15) is 0 Å². The number of H-pyrrole nitrogens is 1. The van der Waals surface area contributed by atoms with Crippen molar-refractivity contribution < 1.29 is 0 Å². The summed E-state index contributed by atoms with van der Waals surface area (Å²) in [4.78, 5) is 17.8. The van der Waals surface area contributed by atoms with Crippen LogP contribution in [0.1, 0.15) is 12.5 Å². The van der Waals surface area contributed by atoms with Crippen LogP contribution in [0.2, 0.25) is 0 Å². The first-order valence-corrected chi connectivity index (χ1v) is 4.93. The zero-order chi connectivity index (χ0) is 10.7. The maximum Gasteiger partial charge on any atom is 0.251 e. The standard InChI is InChI=1S/C12H12N2O/c1-2-9-4-3-5-10(6-9)11-7-12(15)14-8-13-11/h3-8H,2H2,1H3,(H,13,14,15). The van der Waals surface area contributed by atoms with Gasteiger partial charge in [-0.05, 0) is 18.1 Å². The zero-order valence-electron chi connectivity index (χ0n) is 8.53. The molecule has 0 spiro atoms. The third kappa shape index (κ3) is 2.13. The first kappa shape index (κ1) is 9.65. The molecular weight excluding hydrogens is 188 g/mol. The van der Waals surface area contributed by atoms with Crippen molar-refractivity contribution in [3.8, 4) is 11.3 Å². The van der Waals surface area contributed by atoms with Crippen molar-refractivity contribution in [2.75, 3.05) is 0 Å². The summed E-state index contributed by atoms with van der Waals surface area (Å²) >= 11 is 0. The van der Waals surface area contributed by atoms with E-state index in [1.54, 1.807) is 0 Å². The van der Waals surface area contributed by atoms with Crippen LogP contribution in [-0.2, 0) is 6.42 Å². The van der Waals surface area contributed by atoms with E-state index >= 15 is 0 Å². The maximum atomic E-state index is 11.1. The second kappa shape index (κ2) is 4.09. The van der Waals surface area contributed by atoms with Gasteiger partial charge < -0.3 is 4.98 Å². The molecular formula is C12H12N2O. The molecule has 0 aliphatic carbocycles. The number of nitrogens with zero attached hydrogens (tertiary/aromatic N) is 1. The molecule has 0 fully saturated rings. The molecule has 1 aromatic heterocycles. The van der Waals surface area contributed by atoms with Crippen molar-refractivity contribution in [1.29, 1.82) is 0 Å². The van der Waals surface area contributed by atoms with Gasteiger partial charge in [0.2, 0.25) is 0 Å². The maximum absolute atomic E-state index is 11.1. The Hall–Kier alpha value is -1.90. The van der Waals surface area contributed by atoms with Crippen LogP contribution in [0.25, 0.3) is 11.3 Å². The van der Waals surface area contributed by atoms with E-state index in [1.807, 2.05) is 12.1 Å². The van der Waals surface area contributed by atoms with Gasteiger partial charge in [0, 0.05) is 11.6 Å². The molecule has 3 nitrogen and oxygen atoms in total. The smallest absolute Gasteiger partial charge is 0.251 e. The second-order valence-corrected chi connectivity index (χ2v) is 3.35. The molecule has 0 amide bonds. The Kier molecular flexibility index (Phi) is 2.63. The van der Waals surface area contributed by atoms with Gasteiger partial charge in [-0.1, -0.05) is 25.1 Å². The van der Waals surface area contributed by atoms with Crippen LogP contribution in [0.4, 0.5) is 0 Å². The highest BCUT2D eigenvalue weighted by atomic mass is 16.1. The Balaban J connectivity index is 2.49. The molecule has 0 bridgehead atoms. The van der Waals surface area contributed by atoms with Gasteiger partial charge in [-0.2, -0.15) is 0 Å². The van der Waals surface area contributed by atoms with E-state index in [-0.39, 0.29) is 5.56 Å². The Morgan fingerprint density at radius 3 is 2.93 bits per heavy atom. The number of hydrogen-bond acceptors (Lipinski definition) is 2. The largest absolute Gasteiger partial charge is 0.313 e. The SMILES string of the molecule is CCc1cccc(-c2cc(=O)[nH]cn2)c1. The molecule has 3 heteroatoms. The Bertz CT molecular complexity index is 517. The number of rotatable bonds is 2. The summed E-state index contributed by atoms with van der Waals surface area (Å²) in [6.45, 7) is 2.10. The summed E-state index contributed by atoms with van der Waals surface area (Å²) in [5.74, 6) is 0. The Morgan fingerprint density at radius 1 is 1.33 bits per heavy atom. The molecule has 0 aliphatic rings. The van der Waals surface area contributed by atoms with Crippen LogP contribution >= 0.6 is 0 Å². The lowest BCUT2D eigenvalue weighted by atomic mass is 10.1. The molecule has 0 radical (unpaired) electrons. The third-order valence-electron chi connectivity index (χ3n) is 2.31. The molecule has 2 rings (SSSR count). The van der Waals surface area contributed by atoms with Crippen molar-refractivity contribution in [3.05, 3.63) is 52.6 Å². The number of nitrogens with one attached hydrogen (secondary N) is 1. The molecule has 76 valence electrons. The Labute approximate surface area is 87.8 Å². The molecule has 0 aliphatic heterocycles. The van der Waals surface area contributed by atoms with E-state index in [0.717, 1.165) is 12.0 Å². The summed E-state index contributed by atoms with van der Waals surface area (Å²) in [5.41, 5.74) is 2.82. The van der Waals surface area contributed by atoms with Crippen molar-refractivity contribution in [2.45, 2.75) is 13.3 Å². The van der Waals surface area contributed by atoms with Crippen LogP contribution in [0, 0.1) is 0 Å². The summed E-state index contributed by atoms with van der Waals surface area (Å²) < 4.78 is 0. The van der Waals surface area contributed by atoms with Gasteiger partial charge in [-0.25, -0.2) is 4.98 Å². The van der Waals surface area contributed by atoms with E-state index in [9.17, 15) is 4.79 Å². The topological polar surface area (TPSA) is 45.8 Å². The van der Waals surface area contributed by atoms with Crippen molar-refractivity contribution in [3.63, 3.8) is 0 Å². The molecule has 15 heavy (non-hydrogen) atoms. The summed E-state index contributed by atoms with van der Waals surface area (Å²) in [5, 5.41) is 0. The van der Waals surface area contributed by atoms with Crippen LogP contribution in [0.5, 0.6) is 0 Å². The zero-order valence-corrected chi connectivity index (χ0v) is 8.53. The fourth-order valence-corrected chi connectivity index (χ4v) is 1.48. The minimum Gasteiger partial charge on any atom is -0.313 e. The van der Waals surface area contributed by atoms with Crippen molar-refractivity contribution >= 4 is 0 Å². The lowest BCUT2D eigenvalue weighted by molar-refractivity contribution is 1.11. The van der Waals surface area contributed by atoms with Crippen molar-refractivity contribution in [2.24, 2.45) is 0 Å². The fraction of sp³-hybridized carbons (Fsp3) is 0.167. The highest BCUT2D eigenvalue weighted by molar-refractivity contribution is 5.59. The van der Waals surface area contributed by atoms with E-state index in [4.69, 9.17) is 0 Å². The molecule has 0 unspecified atom stereocenters. The highest BCUT2D eigenvalue weighted by Gasteiger charge is 2.00. The number of hydrogen-bond donors (Lipinski definition) is 1. The predicted molar refractivity (Wildman–Crippen MR) is 59.7 cm³/mol. The molecule has 1 aromatic carbocycles. The van der Waals surface area contributed by atoms with Gasteiger partial charge in [0.15, 0.2) is 0 Å². The van der Waals surface area contributed by atoms with E-state index in [2.05, 4.69) is 29.0 Å². The monoisotopic (exact) mass is 200 g/mol. The summed E-state index contributed by atoms with van der Waals surface area (Å²) in [6.07, 6.45) is 2.41. The quantitative estimate of drug-likeness (QED) is 0.805. The lowest BCUT2D eigenvalue weighted by Crippen LogP contribution is -2.04. The van der Waals surface area contributed by atoms with Gasteiger partial charge in [0.25, 0.3) is 5.56 Å². The lowest BCUT2D eigenvalue weighted by Gasteiger charge is -2.01. The van der Waals surface area contributed by atoms with Crippen LogP contribution in [0.3, 0.4) is 0 Å². The van der Waals surface area contributed by atoms with Gasteiger partial charge in [-0.3, -0.25) is 4.79 Å². The normalized spacial score (nSPS) is 10.2. The first-order valence-electron chi connectivity index (χ1n) is 4.93. The number of aromatic amines is 1. The van der Waals surface area contributed by atoms with E-state index in [0.29, 0.717) is 5.69 Å². The van der Waals surface area contributed by atoms with Gasteiger partial charge in [-0.15, -0.1) is 0 Å². The summed E-state index contributed by atoms with van der Waals surface area (Å²) in [6, 6.07) is 9.57. The van der Waals surface area contributed by atoms with E-state index < -0.39 is 0 Å². The van der Waals surface area contributed by atoms with Crippen molar-refractivity contribution in [1.82, 2.24) is 9.97 Å². The average Bonchev–Trinajstić information content (AvgIpc) is 2.29. The molecule has 0 atom stereocenters. The minimum absolute atomic E-state index is 0.123. The van der Waals surface area contributed by atoms with Crippen LogP contribution < -0.4 is 5.56 Å². The molecule has 0 saturated carbocycles. The number of benzene rings is 1. The molecule has 0 saturated heterocycles. The van der Waals surface area contributed by atoms with Crippen LogP contribution in [0.15, 0.2) is 41.5 Å². The third-order valence-corrected chi connectivity index (χ3v) is 2.31. The number of aryl methyl sites for hydroxylation is 1. The van der Waals surface area contributed by atoms with Crippen LogP contribution in [-0.4, -0.2) is 9.97 Å². The minimum atomic E-state index is -0.123.